The molecule has 0 aliphatic heterocycles. The fourth-order valence-corrected chi connectivity index (χ4v) is 1.18. The van der Waals surface area contributed by atoms with Crippen LogP contribution in [0.25, 0.3) is 0 Å². The summed E-state index contributed by atoms with van der Waals surface area (Å²) in [7, 11) is 0. The van der Waals surface area contributed by atoms with Gasteiger partial charge in [-0.25, -0.2) is 4.98 Å². The molecule has 94 valence electrons. The molecule has 4 nitrogen and oxygen atoms in total. The molecule has 0 atom stereocenters. The second-order valence-corrected chi connectivity index (χ2v) is 4.97. The molecule has 1 heterocycles. The van der Waals surface area contributed by atoms with Crippen LogP contribution in [0.4, 0.5) is 5.69 Å². The number of hydrogen-bond acceptors (Lipinski definition) is 3. The Bertz CT molecular complexity index is 408. The van der Waals surface area contributed by atoms with E-state index in [0.717, 1.165) is 11.3 Å². The van der Waals surface area contributed by atoms with Crippen LogP contribution >= 0.6 is 0 Å². The normalized spacial score (nSPS) is 11.1. The Labute approximate surface area is 102 Å². The number of aryl methyl sites for hydroxylation is 1. The highest BCUT2D eigenvalue weighted by atomic mass is 16.5. The molecule has 4 heteroatoms. The minimum atomic E-state index is -0.415. The first-order valence-electron chi connectivity index (χ1n) is 5.75. The molecule has 0 spiro atoms. The van der Waals surface area contributed by atoms with Gasteiger partial charge in [-0.05, 0) is 19.4 Å². The van der Waals surface area contributed by atoms with Gasteiger partial charge in [-0.1, -0.05) is 20.8 Å². The number of amides is 1. The summed E-state index contributed by atoms with van der Waals surface area (Å²) < 4.78 is 5.31. The molecule has 1 aromatic rings. The smallest absolute Gasteiger partial charge is 0.229 e. The predicted octanol–water partition coefficient (Wildman–Crippen LogP) is 2.77. The Hall–Kier alpha value is -1.58. The van der Waals surface area contributed by atoms with E-state index in [2.05, 4.69) is 10.3 Å². The quantitative estimate of drug-likeness (QED) is 0.878. The van der Waals surface area contributed by atoms with Crippen molar-refractivity contribution in [3.8, 4) is 5.88 Å². The van der Waals surface area contributed by atoms with Crippen LogP contribution in [0, 0.1) is 12.3 Å². The van der Waals surface area contributed by atoms with Crippen LogP contribution in [0.5, 0.6) is 5.88 Å². The van der Waals surface area contributed by atoms with Gasteiger partial charge in [0, 0.05) is 17.7 Å². The Morgan fingerprint density at radius 2 is 2.12 bits per heavy atom. The third-order valence-electron chi connectivity index (χ3n) is 2.30. The molecule has 1 aromatic heterocycles. The summed E-state index contributed by atoms with van der Waals surface area (Å²) in [6, 6.07) is 1.75. The lowest BCUT2D eigenvalue weighted by Crippen LogP contribution is -2.28. The van der Waals surface area contributed by atoms with E-state index < -0.39 is 5.41 Å². The zero-order valence-electron chi connectivity index (χ0n) is 11.1. The molecule has 0 unspecified atom stereocenters. The van der Waals surface area contributed by atoms with Gasteiger partial charge in [0.15, 0.2) is 0 Å². The molecule has 0 saturated heterocycles. The van der Waals surface area contributed by atoms with Crippen molar-refractivity contribution in [3.05, 3.63) is 17.8 Å². The van der Waals surface area contributed by atoms with Gasteiger partial charge in [-0.15, -0.1) is 0 Å². The summed E-state index contributed by atoms with van der Waals surface area (Å²) in [5.74, 6) is 0.511. The molecular formula is C13H20N2O2. The summed E-state index contributed by atoms with van der Waals surface area (Å²) in [4.78, 5) is 16.0. The van der Waals surface area contributed by atoms with Crippen LogP contribution in [0.15, 0.2) is 12.3 Å². The molecule has 0 aliphatic rings. The molecule has 0 bridgehead atoms. The third kappa shape index (κ3) is 3.73. The Morgan fingerprint density at radius 3 is 2.65 bits per heavy atom. The average molecular weight is 236 g/mol. The van der Waals surface area contributed by atoms with Crippen molar-refractivity contribution in [3.63, 3.8) is 0 Å². The van der Waals surface area contributed by atoms with Crippen LogP contribution in [-0.2, 0) is 4.79 Å². The van der Waals surface area contributed by atoms with Crippen molar-refractivity contribution in [2.75, 3.05) is 11.9 Å². The maximum Gasteiger partial charge on any atom is 0.229 e. The van der Waals surface area contributed by atoms with Crippen LogP contribution < -0.4 is 10.1 Å². The van der Waals surface area contributed by atoms with Gasteiger partial charge < -0.3 is 10.1 Å². The van der Waals surface area contributed by atoms with Gasteiger partial charge in [0.25, 0.3) is 0 Å². The Morgan fingerprint density at radius 1 is 1.47 bits per heavy atom. The molecule has 0 aliphatic carbocycles. The van der Waals surface area contributed by atoms with Crippen LogP contribution in [-0.4, -0.2) is 17.5 Å². The summed E-state index contributed by atoms with van der Waals surface area (Å²) >= 11 is 0. The number of carbonyl (C=O) groups excluding carboxylic acids is 1. The van der Waals surface area contributed by atoms with E-state index in [1.807, 2.05) is 34.6 Å². The zero-order chi connectivity index (χ0) is 13.1. The molecule has 17 heavy (non-hydrogen) atoms. The minimum absolute atomic E-state index is 0.0192. The lowest BCUT2D eigenvalue weighted by Gasteiger charge is -2.18. The Kier molecular flexibility index (Phi) is 4.10. The van der Waals surface area contributed by atoms with E-state index in [-0.39, 0.29) is 5.91 Å². The lowest BCUT2D eigenvalue weighted by atomic mass is 9.95. The van der Waals surface area contributed by atoms with Gasteiger partial charge in [0.1, 0.15) is 0 Å². The molecule has 0 radical (unpaired) electrons. The van der Waals surface area contributed by atoms with E-state index >= 15 is 0 Å². The number of hydrogen-bond donors (Lipinski definition) is 1. The molecule has 1 amide bonds. The molecule has 0 saturated carbocycles. The van der Waals surface area contributed by atoms with Crippen molar-refractivity contribution >= 4 is 11.6 Å². The largest absolute Gasteiger partial charge is 0.478 e. The van der Waals surface area contributed by atoms with Gasteiger partial charge in [-0.3, -0.25) is 4.79 Å². The van der Waals surface area contributed by atoms with Crippen molar-refractivity contribution in [1.82, 2.24) is 4.98 Å². The van der Waals surface area contributed by atoms with Crippen LogP contribution in [0.3, 0.4) is 0 Å². The zero-order valence-corrected chi connectivity index (χ0v) is 11.1. The van der Waals surface area contributed by atoms with Crippen molar-refractivity contribution in [1.29, 1.82) is 0 Å². The topological polar surface area (TPSA) is 51.2 Å². The van der Waals surface area contributed by atoms with E-state index in [0.29, 0.717) is 12.5 Å². The number of nitrogens with zero attached hydrogens (tertiary/aromatic N) is 1. The van der Waals surface area contributed by atoms with E-state index in [1.54, 1.807) is 12.3 Å². The van der Waals surface area contributed by atoms with Crippen molar-refractivity contribution in [2.45, 2.75) is 34.6 Å². The highest BCUT2D eigenvalue weighted by Gasteiger charge is 2.21. The van der Waals surface area contributed by atoms with Crippen molar-refractivity contribution in [2.24, 2.45) is 5.41 Å². The fourth-order valence-electron chi connectivity index (χ4n) is 1.18. The lowest BCUT2D eigenvalue weighted by molar-refractivity contribution is -0.123. The summed E-state index contributed by atoms with van der Waals surface area (Å²) in [6.07, 6.45) is 1.70. The second kappa shape index (κ2) is 5.17. The molecule has 0 aromatic carbocycles. The number of carbonyl (C=O) groups is 1. The molecular weight excluding hydrogens is 216 g/mol. The minimum Gasteiger partial charge on any atom is -0.478 e. The maximum atomic E-state index is 11.9. The SMILES string of the molecule is CCOc1cc(NC(=O)C(C)(C)C)c(C)cn1. The number of pyridine rings is 1. The number of anilines is 1. The maximum absolute atomic E-state index is 11.9. The number of aromatic nitrogens is 1. The average Bonchev–Trinajstić information content (AvgIpc) is 2.22. The monoisotopic (exact) mass is 236 g/mol. The summed E-state index contributed by atoms with van der Waals surface area (Å²) in [5, 5.41) is 2.89. The first kappa shape index (κ1) is 13.5. The van der Waals surface area contributed by atoms with E-state index in [1.165, 1.54) is 0 Å². The standard InChI is InChI=1S/C13H20N2O2/c1-6-17-11-7-10(9(2)8-14-11)15-12(16)13(3,4)5/h7-8H,6H2,1-5H3,(H,14,15,16). The number of rotatable bonds is 3. The van der Waals surface area contributed by atoms with E-state index in [9.17, 15) is 4.79 Å². The van der Waals surface area contributed by atoms with Gasteiger partial charge in [0.2, 0.25) is 11.8 Å². The van der Waals surface area contributed by atoms with Crippen LogP contribution in [0.2, 0.25) is 0 Å². The fraction of sp³-hybridized carbons (Fsp3) is 0.538. The highest BCUT2D eigenvalue weighted by molar-refractivity contribution is 5.95. The van der Waals surface area contributed by atoms with Crippen LogP contribution in [0.1, 0.15) is 33.3 Å². The number of ether oxygens (including phenoxy) is 1. The van der Waals surface area contributed by atoms with Gasteiger partial charge >= 0.3 is 0 Å². The second-order valence-electron chi connectivity index (χ2n) is 4.97. The third-order valence-corrected chi connectivity index (χ3v) is 2.30. The highest BCUT2D eigenvalue weighted by Crippen LogP contribution is 2.22. The predicted molar refractivity (Wildman–Crippen MR) is 68.2 cm³/mol. The molecule has 1 rings (SSSR count). The van der Waals surface area contributed by atoms with E-state index in [4.69, 9.17) is 4.74 Å². The Balaban J connectivity index is 2.90. The number of nitrogens with one attached hydrogen (secondary N) is 1. The first-order chi connectivity index (χ1) is 7.84. The van der Waals surface area contributed by atoms with Gasteiger partial charge in [-0.2, -0.15) is 0 Å². The van der Waals surface area contributed by atoms with Crippen molar-refractivity contribution < 1.29 is 9.53 Å². The summed E-state index contributed by atoms with van der Waals surface area (Å²) in [5.41, 5.74) is 1.26. The molecule has 1 N–H and O–H groups in total. The molecule has 0 fully saturated rings. The van der Waals surface area contributed by atoms with Gasteiger partial charge in [0.05, 0.1) is 12.3 Å². The first-order valence-corrected chi connectivity index (χ1v) is 5.75. The summed E-state index contributed by atoms with van der Waals surface area (Å²) in [6.45, 7) is 9.99.